The average molecular weight is 445 g/mol. The predicted molar refractivity (Wildman–Crippen MR) is 114 cm³/mol. The Morgan fingerprint density at radius 2 is 1.96 bits per heavy atom. The van der Waals surface area contributed by atoms with Gasteiger partial charge in [-0.2, -0.15) is 0 Å². The molecule has 0 aromatic heterocycles. The number of carboxylic acid groups (broad SMARTS) is 1. The number of aliphatic hydroxyl groups is 2. The van der Waals surface area contributed by atoms with E-state index in [1.165, 1.54) is 38.5 Å². The van der Waals surface area contributed by atoms with Crippen LogP contribution in [-0.4, -0.2) is 31.9 Å². The van der Waals surface area contributed by atoms with E-state index in [0.717, 1.165) is 12.8 Å². The Bertz CT molecular complexity index is 510. The number of hydrogen-bond donors (Lipinski definition) is 3. The van der Waals surface area contributed by atoms with E-state index < -0.39 is 16.6 Å². The molecule has 3 N–H and O–H groups in total. The van der Waals surface area contributed by atoms with Gasteiger partial charge in [0.05, 0.1) is 0 Å². The van der Waals surface area contributed by atoms with E-state index in [1.807, 2.05) is 6.08 Å². The molecule has 0 radical (unpaired) electrons. The SMILES string of the molecule is CCCCC(C)(C)CC=C[C@H]1CCC[C@@H]1CC=CCC(O)C(O)(Br)C(=O)O. The fourth-order valence-electron chi connectivity index (χ4n) is 3.73. The molecule has 0 amide bonds. The molecule has 1 saturated carbocycles. The number of carboxylic acids is 1. The molecule has 1 aliphatic carbocycles. The fraction of sp³-hybridized carbons (Fsp3) is 0.773. The van der Waals surface area contributed by atoms with E-state index in [9.17, 15) is 15.0 Å². The largest absolute Gasteiger partial charge is 0.478 e. The number of unbranched alkanes of at least 4 members (excludes halogenated alkanes) is 1. The van der Waals surface area contributed by atoms with Gasteiger partial charge < -0.3 is 15.3 Å². The standard InChI is InChI=1S/C22H37BrO4/c1-4-5-15-21(2,3)16-9-13-18-12-8-11-17(18)10-6-7-14-19(24)22(23,27)20(25)26/h6-7,9,13,17-19,24,27H,4-5,8,10-12,14-16H2,1-3H3,(H,25,26)/t17-,18+,19?,22?/m0/s1. The van der Waals surface area contributed by atoms with Crippen LogP contribution in [0.4, 0.5) is 0 Å². The Labute approximate surface area is 172 Å². The highest BCUT2D eigenvalue weighted by Gasteiger charge is 2.40. The van der Waals surface area contributed by atoms with Crippen molar-refractivity contribution < 1.29 is 20.1 Å². The Morgan fingerprint density at radius 3 is 2.59 bits per heavy atom. The van der Waals surface area contributed by atoms with Gasteiger partial charge in [-0.05, 0) is 71.7 Å². The number of halogens is 1. The van der Waals surface area contributed by atoms with E-state index in [2.05, 4.69) is 48.9 Å². The molecular weight excluding hydrogens is 408 g/mol. The first-order valence-electron chi connectivity index (χ1n) is 10.2. The zero-order valence-electron chi connectivity index (χ0n) is 17.0. The molecule has 1 aliphatic rings. The van der Waals surface area contributed by atoms with E-state index >= 15 is 0 Å². The zero-order valence-corrected chi connectivity index (χ0v) is 18.6. The van der Waals surface area contributed by atoms with Crippen LogP contribution >= 0.6 is 15.9 Å². The van der Waals surface area contributed by atoms with Crippen molar-refractivity contribution in [2.45, 2.75) is 89.2 Å². The summed E-state index contributed by atoms with van der Waals surface area (Å²) in [5, 5.41) is 28.3. The normalized spacial score (nSPS) is 24.5. The molecule has 156 valence electrons. The predicted octanol–water partition coefficient (Wildman–Crippen LogP) is 5.43. The van der Waals surface area contributed by atoms with Crippen molar-refractivity contribution in [2.24, 2.45) is 17.3 Å². The smallest absolute Gasteiger partial charge is 0.349 e. The zero-order chi connectivity index (χ0) is 20.5. The van der Waals surface area contributed by atoms with Gasteiger partial charge >= 0.3 is 5.97 Å². The molecule has 4 atom stereocenters. The summed E-state index contributed by atoms with van der Waals surface area (Å²) in [4.78, 5) is 10.9. The van der Waals surface area contributed by atoms with Crippen LogP contribution in [0.1, 0.15) is 78.6 Å². The Hall–Kier alpha value is -0.650. The summed E-state index contributed by atoms with van der Waals surface area (Å²) in [6.07, 6.45) is 16.8. The van der Waals surface area contributed by atoms with Crippen molar-refractivity contribution in [3.8, 4) is 0 Å². The summed E-state index contributed by atoms with van der Waals surface area (Å²) in [5.74, 6) is -0.268. The summed E-state index contributed by atoms with van der Waals surface area (Å²) >= 11 is 2.66. The molecule has 0 aliphatic heterocycles. The van der Waals surface area contributed by atoms with Crippen LogP contribution in [0, 0.1) is 17.3 Å². The second kappa shape index (κ2) is 11.4. The van der Waals surface area contributed by atoms with Crippen LogP contribution in [0.15, 0.2) is 24.3 Å². The molecule has 1 rings (SSSR count). The Morgan fingerprint density at radius 1 is 1.26 bits per heavy atom. The van der Waals surface area contributed by atoms with Crippen molar-refractivity contribution in [3.05, 3.63) is 24.3 Å². The molecule has 4 nitrogen and oxygen atoms in total. The molecule has 0 aromatic carbocycles. The number of rotatable bonds is 12. The fourth-order valence-corrected chi connectivity index (χ4v) is 3.91. The van der Waals surface area contributed by atoms with Crippen LogP contribution < -0.4 is 0 Å². The molecule has 0 spiro atoms. The highest BCUT2D eigenvalue weighted by atomic mass is 79.9. The maximum atomic E-state index is 10.9. The minimum atomic E-state index is -2.29. The minimum Gasteiger partial charge on any atom is -0.478 e. The van der Waals surface area contributed by atoms with Gasteiger partial charge in [0.1, 0.15) is 6.10 Å². The monoisotopic (exact) mass is 444 g/mol. The summed E-state index contributed by atoms with van der Waals surface area (Å²) in [6, 6.07) is 0. The third kappa shape index (κ3) is 8.49. The molecule has 27 heavy (non-hydrogen) atoms. The van der Waals surface area contributed by atoms with E-state index in [4.69, 9.17) is 5.11 Å². The lowest BCUT2D eigenvalue weighted by atomic mass is 9.83. The van der Waals surface area contributed by atoms with Gasteiger partial charge in [0.15, 0.2) is 0 Å². The summed E-state index contributed by atoms with van der Waals surface area (Å²) < 4.78 is -2.29. The van der Waals surface area contributed by atoms with Gasteiger partial charge in [-0.25, -0.2) is 4.79 Å². The van der Waals surface area contributed by atoms with Crippen LogP contribution in [0.3, 0.4) is 0 Å². The van der Waals surface area contributed by atoms with Crippen LogP contribution in [0.25, 0.3) is 0 Å². The van der Waals surface area contributed by atoms with Crippen molar-refractivity contribution in [2.75, 3.05) is 0 Å². The first-order chi connectivity index (χ1) is 12.6. The number of aliphatic hydroxyl groups excluding tert-OH is 1. The van der Waals surface area contributed by atoms with E-state index in [0.29, 0.717) is 17.3 Å². The molecule has 0 heterocycles. The van der Waals surface area contributed by atoms with Gasteiger partial charge in [-0.1, -0.05) is 64.3 Å². The van der Waals surface area contributed by atoms with Gasteiger partial charge in [0.2, 0.25) is 4.51 Å². The topological polar surface area (TPSA) is 77.8 Å². The number of alkyl halides is 1. The lowest BCUT2D eigenvalue weighted by Crippen LogP contribution is -2.43. The molecule has 2 unspecified atom stereocenters. The number of hydrogen-bond acceptors (Lipinski definition) is 3. The third-order valence-electron chi connectivity index (χ3n) is 5.69. The van der Waals surface area contributed by atoms with Crippen LogP contribution in [0.2, 0.25) is 0 Å². The Kier molecular flexibility index (Phi) is 10.3. The maximum Gasteiger partial charge on any atom is 0.349 e. The first-order valence-corrected chi connectivity index (χ1v) is 11.0. The number of carbonyl (C=O) groups is 1. The number of aliphatic carboxylic acids is 1. The molecule has 1 fully saturated rings. The van der Waals surface area contributed by atoms with Crippen molar-refractivity contribution in [1.82, 2.24) is 0 Å². The highest BCUT2D eigenvalue weighted by Crippen LogP contribution is 2.36. The molecule has 5 heteroatoms. The van der Waals surface area contributed by atoms with Crippen molar-refractivity contribution in [1.29, 1.82) is 0 Å². The van der Waals surface area contributed by atoms with Crippen molar-refractivity contribution >= 4 is 21.9 Å². The van der Waals surface area contributed by atoms with Gasteiger partial charge in [0.25, 0.3) is 0 Å². The molecule has 0 aromatic rings. The molecule has 0 saturated heterocycles. The lowest BCUT2D eigenvalue weighted by Gasteiger charge is -2.23. The first kappa shape index (κ1) is 24.4. The number of allylic oxidation sites excluding steroid dienone is 3. The second-order valence-corrected chi connectivity index (χ2v) is 9.90. The molecular formula is C22H37BrO4. The second-order valence-electron chi connectivity index (χ2n) is 8.69. The lowest BCUT2D eigenvalue weighted by molar-refractivity contribution is -0.156. The van der Waals surface area contributed by atoms with Crippen LogP contribution in [0.5, 0.6) is 0 Å². The summed E-state index contributed by atoms with van der Waals surface area (Å²) in [7, 11) is 0. The Balaban J connectivity index is 2.44. The summed E-state index contributed by atoms with van der Waals surface area (Å²) in [5.41, 5.74) is 0.368. The van der Waals surface area contributed by atoms with Gasteiger partial charge in [0, 0.05) is 0 Å². The third-order valence-corrected chi connectivity index (χ3v) is 6.55. The van der Waals surface area contributed by atoms with Crippen molar-refractivity contribution in [3.63, 3.8) is 0 Å². The van der Waals surface area contributed by atoms with E-state index in [1.54, 1.807) is 6.08 Å². The summed E-state index contributed by atoms with van der Waals surface area (Å²) in [6.45, 7) is 6.92. The quantitative estimate of drug-likeness (QED) is 0.277. The molecule has 0 bridgehead atoms. The van der Waals surface area contributed by atoms with E-state index in [-0.39, 0.29) is 6.42 Å². The van der Waals surface area contributed by atoms with Gasteiger partial charge in [-0.15, -0.1) is 0 Å². The minimum absolute atomic E-state index is 0.104. The van der Waals surface area contributed by atoms with Crippen LogP contribution in [-0.2, 0) is 4.79 Å². The maximum absolute atomic E-state index is 10.9. The highest BCUT2D eigenvalue weighted by molar-refractivity contribution is 9.10. The van der Waals surface area contributed by atoms with Gasteiger partial charge in [-0.3, -0.25) is 0 Å². The average Bonchev–Trinajstić information content (AvgIpc) is 3.03.